The van der Waals surface area contributed by atoms with Gasteiger partial charge in [-0.25, -0.2) is 0 Å². The van der Waals surface area contributed by atoms with Crippen molar-refractivity contribution in [3.8, 4) is 0 Å². The number of ketones is 1. The Labute approximate surface area is 247 Å². The van der Waals surface area contributed by atoms with Gasteiger partial charge in [0.05, 0.1) is 32.5 Å². The zero-order chi connectivity index (χ0) is 29.0. The minimum absolute atomic E-state index is 0.141. The molecule has 0 N–H and O–H groups in total. The Morgan fingerprint density at radius 1 is 0.619 bits per heavy atom. The Morgan fingerprint density at radius 2 is 1.05 bits per heavy atom. The summed E-state index contributed by atoms with van der Waals surface area (Å²) in [6.07, 6.45) is -1.93. The van der Waals surface area contributed by atoms with Crippen LogP contribution in [0.5, 0.6) is 0 Å². The minimum atomic E-state index is -1.03. The lowest BCUT2D eigenvalue weighted by Crippen LogP contribution is -2.48. The van der Waals surface area contributed by atoms with Gasteiger partial charge in [0.2, 0.25) is 0 Å². The average Bonchev–Trinajstić information content (AvgIpc) is 3.84. The van der Waals surface area contributed by atoms with Crippen LogP contribution in [0.25, 0.3) is 0 Å². The van der Waals surface area contributed by atoms with Crippen LogP contribution in [-0.4, -0.2) is 36.5 Å². The number of Topliss-reactive ketones (excluding diaryl/α,β-unsaturated/α-hetero) is 1. The molecular formula is C36H36O6. The molecule has 0 amide bonds. The molecule has 0 aliphatic heterocycles. The van der Waals surface area contributed by atoms with E-state index >= 15 is 0 Å². The summed E-state index contributed by atoms with van der Waals surface area (Å²) in [7, 11) is 0. The van der Waals surface area contributed by atoms with Crippen molar-refractivity contribution in [3.05, 3.63) is 144 Å². The quantitative estimate of drug-likeness (QED) is 0.144. The normalized spacial score (nSPS) is 18.1. The smallest absolute Gasteiger partial charge is 0.170 e. The van der Waals surface area contributed by atoms with Crippen molar-refractivity contribution in [2.75, 3.05) is 0 Å². The Balaban J connectivity index is 1.35. The number of hydrogen-bond acceptors (Lipinski definition) is 6. The maximum Gasteiger partial charge on any atom is 0.170 e. The SMILES string of the molecule is O=C[C@H](OCc1ccccc1)C(OCc1ccccc1)[C@H](OCc1ccccc1)C(=O)[C@@H]1CC1OCc1ccccc1. The molecule has 216 valence electrons. The fourth-order valence-corrected chi connectivity index (χ4v) is 4.84. The number of ether oxygens (including phenoxy) is 4. The highest BCUT2D eigenvalue weighted by atomic mass is 16.6. The molecule has 5 atom stereocenters. The molecule has 1 fully saturated rings. The summed E-state index contributed by atoms with van der Waals surface area (Å²) in [6, 6.07) is 38.8. The van der Waals surface area contributed by atoms with E-state index < -0.39 is 18.3 Å². The third-order valence-corrected chi connectivity index (χ3v) is 7.28. The molecule has 0 bridgehead atoms. The lowest BCUT2D eigenvalue weighted by atomic mass is 10.0. The topological polar surface area (TPSA) is 71.1 Å². The van der Waals surface area contributed by atoms with Crippen LogP contribution < -0.4 is 0 Å². The number of rotatable bonds is 17. The lowest BCUT2D eigenvalue weighted by molar-refractivity contribution is -0.169. The molecule has 1 aliphatic rings. The van der Waals surface area contributed by atoms with E-state index in [1.807, 2.05) is 121 Å². The van der Waals surface area contributed by atoms with Gasteiger partial charge in [-0.15, -0.1) is 0 Å². The molecule has 6 nitrogen and oxygen atoms in total. The van der Waals surface area contributed by atoms with Gasteiger partial charge in [-0.1, -0.05) is 121 Å². The van der Waals surface area contributed by atoms with Crippen molar-refractivity contribution in [2.45, 2.75) is 57.3 Å². The van der Waals surface area contributed by atoms with E-state index in [1.165, 1.54) is 0 Å². The molecule has 0 aromatic heterocycles. The Bertz CT molecular complexity index is 1360. The largest absolute Gasteiger partial charge is 0.373 e. The number of carbonyl (C=O) groups excluding carboxylic acids is 2. The highest BCUT2D eigenvalue weighted by molar-refractivity contribution is 5.89. The van der Waals surface area contributed by atoms with Gasteiger partial charge in [0.15, 0.2) is 12.1 Å². The number of benzene rings is 4. The van der Waals surface area contributed by atoms with Crippen molar-refractivity contribution >= 4 is 12.1 Å². The first-order chi connectivity index (χ1) is 20.7. The van der Waals surface area contributed by atoms with E-state index in [0.29, 0.717) is 19.3 Å². The summed E-state index contributed by atoms with van der Waals surface area (Å²) >= 11 is 0. The molecule has 4 aromatic carbocycles. The van der Waals surface area contributed by atoms with Crippen LogP contribution in [0.1, 0.15) is 28.7 Å². The minimum Gasteiger partial charge on any atom is -0.373 e. The van der Waals surface area contributed by atoms with E-state index in [0.717, 1.165) is 22.3 Å². The second kappa shape index (κ2) is 15.3. The first kappa shape index (κ1) is 29.5. The summed E-state index contributed by atoms with van der Waals surface area (Å²) in [4.78, 5) is 26.5. The highest BCUT2D eigenvalue weighted by Crippen LogP contribution is 2.38. The summed E-state index contributed by atoms with van der Waals surface area (Å²) in [5, 5.41) is 0. The van der Waals surface area contributed by atoms with Crippen molar-refractivity contribution < 1.29 is 28.5 Å². The summed E-state index contributed by atoms with van der Waals surface area (Å²) < 4.78 is 24.8. The van der Waals surface area contributed by atoms with Crippen molar-refractivity contribution in [2.24, 2.45) is 5.92 Å². The maximum absolute atomic E-state index is 14.0. The summed E-state index contributed by atoms with van der Waals surface area (Å²) in [5.41, 5.74) is 3.79. The predicted octanol–water partition coefficient (Wildman–Crippen LogP) is 6.12. The van der Waals surface area contributed by atoms with E-state index in [4.69, 9.17) is 18.9 Å². The van der Waals surface area contributed by atoms with Crippen LogP contribution in [0.2, 0.25) is 0 Å². The van der Waals surface area contributed by atoms with Gasteiger partial charge in [-0.2, -0.15) is 0 Å². The Kier molecular flexibility index (Phi) is 10.8. The molecule has 0 saturated heterocycles. The summed E-state index contributed by atoms with van der Waals surface area (Å²) in [5.74, 6) is -0.490. The highest BCUT2D eigenvalue weighted by Gasteiger charge is 2.50. The molecule has 0 heterocycles. The zero-order valence-corrected chi connectivity index (χ0v) is 23.5. The molecule has 0 spiro atoms. The van der Waals surface area contributed by atoms with E-state index in [9.17, 15) is 9.59 Å². The van der Waals surface area contributed by atoms with Crippen LogP contribution in [0.15, 0.2) is 121 Å². The maximum atomic E-state index is 14.0. The van der Waals surface area contributed by atoms with Gasteiger partial charge in [0.1, 0.15) is 18.3 Å². The summed E-state index contributed by atoms with van der Waals surface area (Å²) in [6.45, 7) is 1.01. The zero-order valence-electron chi connectivity index (χ0n) is 23.5. The van der Waals surface area contributed by atoms with Gasteiger partial charge in [-0.05, 0) is 28.7 Å². The van der Waals surface area contributed by atoms with Crippen LogP contribution in [0.4, 0.5) is 0 Å². The second-order valence-corrected chi connectivity index (χ2v) is 10.5. The second-order valence-electron chi connectivity index (χ2n) is 10.5. The fourth-order valence-electron chi connectivity index (χ4n) is 4.84. The van der Waals surface area contributed by atoms with Gasteiger partial charge >= 0.3 is 0 Å². The molecular weight excluding hydrogens is 528 g/mol. The molecule has 2 unspecified atom stereocenters. The van der Waals surface area contributed by atoms with Gasteiger partial charge in [0.25, 0.3) is 0 Å². The molecule has 6 heteroatoms. The van der Waals surface area contributed by atoms with Crippen LogP contribution in [-0.2, 0) is 55.0 Å². The van der Waals surface area contributed by atoms with Crippen LogP contribution >= 0.6 is 0 Å². The monoisotopic (exact) mass is 564 g/mol. The third-order valence-electron chi connectivity index (χ3n) is 7.28. The average molecular weight is 565 g/mol. The number of carbonyl (C=O) groups is 2. The third kappa shape index (κ3) is 8.54. The Morgan fingerprint density at radius 3 is 1.52 bits per heavy atom. The predicted molar refractivity (Wildman–Crippen MR) is 159 cm³/mol. The van der Waals surface area contributed by atoms with Crippen LogP contribution in [0, 0.1) is 5.92 Å². The Hall–Kier alpha value is -3.94. The number of hydrogen-bond donors (Lipinski definition) is 0. The van der Waals surface area contributed by atoms with Crippen LogP contribution in [0.3, 0.4) is 0 Å². The van der Waals surface area contributed by atoms with Gasteiger partial charge in [0, 0.05) is 5.92 Å². The fraction of sp³-hybridized carbons (Fsp3) is 0.278. The van der Waals surface area contributed by atoms with E-state index in [1.54, 1.807) is 0 Å². The van der Waals surface area contributed by atoms with Gasteiger partial charge in [-0.3, -0.25) is 4.79 Å². The molecule has 1 saturated carbocycles. The first-order valence-electron chi connectivity index (χ1n) is 14.3. The van der Waals surface area contributed by atoms with Crippen molar-refractivity contribution in [3.63, 3.8) is 0 Å². The number of aldehydes is 1. The van der Waals surface area contributed by atoms with Crippen molar-refractivity contribution in [1.82, 2.24) is 0 Å². The molecule has 1 aliphatic carbocycles. The lowest BCUT2D eigenvalue weighted by Gasteiger charge is -2.30. The molecule has 0 radical (unpaired) electrons. The molecule has 4 aromatic rings. The van der Waals surface area contributed by atoms with Gasteiger partial charge < -0.3 is 23.7 Å². The first-order valence-corrected chi connectivity index (χ1v) is 14.3. The van der Waals surface area contributed by atoms with E-state index in [-0.39, 0.29) is 37.6 Å². The standard InChI is InChI=1S/C36H36O6/c37-22-33(40-24-28-15-7-2-8-16-28)35(41-25-29-17-9-3-10-18-29)36(42-26-30-19-11-4-12-20-30)34(38)31-21-32(31)39-23-27-13-5-1-6-14-27/h1-20,22,31-33,35-36H,21,23-26H2/t31-,32?,33+,35?,36-/m1/s1. The van der Waals surface area contributed by atoms with E-state index in [2.05, 4.69) is 0 Å². The molecule has 42 heavy (non-hydrogen) atoms. The molecule has 5 rings (SSSR count). The van der Waals surface area contributed by atoms with Crippen molar-refractivity contribution in [1.29, 1.82) is 0 Å².